The van der Waals surface area contributed by atoms with Gasteiger partial charge in [-0.25, -0.2) is 23.4 Å². The van der Waals surface area contributed by atoms with Crippen molar-refractivity contribution in [3.05, 3.63) is 42.0 Å². The molecule has 0 bridgehead atoms. The molecule has 11 nitrogen and oxygen atoms in total. The van der Waals surface area contributed by atoms with E-state index in [0.29, 0.717) is 29.8 Å². The minimum absolute atomic E-state index is 0.0959. The number of sulfonamides is 1. The maximum absolute atomic E-state index is 13.4. The highest BCUT2D eigenvalue weighted by molar-refractivity contribution is 7.93. The molecule has 0 aromatic carbocycles. The number of pyridine rings is 1. The molecule has 0 unspecified atom stereocenters. The average Bonchev–Trinajstić information content (AvgIpc) is 3.60. The molecular formula is C22H29N7O4S. The largest absolute Gasteiger partial charge is 0.481 e. The van der Waals surface area contributed by atoms with E-state index in [1.54, 1.807) is 42.1 Å². The van der Waals surface area contributed by atoms with Gasteiger partial charge < -0.3 is 9.47 Å². The Morgan fingerprint density at radius 2 is 1.94 bits per heavy atom. The lowest BCUT2D eigenvalue weighted by Gasteiger charge is -2.23. The minimum Gasteiger partial charge on any atom is -0.481 e. The number of nitrogens with one attached hydrogen (secondary N) is 1. The van der Waals surface area contributed by atoms with Crippen molar-refractivity contribution in [1.29, 1.82) is 0 Å². The standard InChI is InChI=1S/C22H29N7O4S/c1-5-11-33-19(20-23-12-14(2)13-24-20)15(3)34(30,31)28-22-27-26-21(29(22)16-9-10-16)17-7-6-8-18(25-17)32-4/h6-8,12-13,15-16,19H,5,9-11H2,1-4H3,(H,27,28)/t15-,19+/m0/s1. The SMILES string of the molecule is CCCO[C@@H](c1ncc(C)cn1)[C@H](C)S(=O)(=O)Nc1nnc(-c2cccc(OC)n2)n1C1CC1. The van der Waals surface area contributed by atoms with E-state index >= 15 is 0 Å². The summed E-state index contributed by atoms with van der Waals surface area (Å²) in [5.41, 5.74) is 1.43. The zero-order valence-electron chi connectivity index (χ0n) is 19.7. The maximum Gasteiger partial charge on any atom is 0.240 e. The van der Waals surface area contributed by atoms with Crippen LogP contribution in [-0.2, 0) is 14.8 Å². The Kier molecular flexibility index (Phi) is 7.08. The summed E-state index contributed by atoms with van der Waals surface area (Å²) >= 11 is 0. The smallest absolute Gasteiger partial charge is 0.240 e. The molecule has 1 N–H and O–H groups in total. The van der Waals surface area contributed by atoms with Gasteiger partial charge in [0.15, 0.2) is 11.6 Å². The molecule has 0 saturated heterocycles. The van der Waals surface area contributed by atoms with Crippen LogP contribution in [0, 0.1) is 6.92 Å². The third-order valence-corrected chi connectivity index (χ3v) is 7.17. The van der Waals surface area contributed by atoms with Crippen molar-refractivity contribution < 1.29 is 17.9 Å². The molecule has 1 fully saturated rings. The molecule has 182 valence electrons. The molecular weight excluding hydrogens is 458 g/mol. The van der Waals surface area contributed by atoms with Gasteiger partial charge in [-0.2, -0.15) is 0 Å². The minimum atomic E-state index is -3.93. The number of hydrogen-bond donors (Lipinski definition) is 1. The van der Waals surface area contributed by atoms with Crippen molar-refractivity contribution in [3.8, 4) is 17.4 Å². The normalized spacial score (nSPS) is 15.6. The third-order valence-electron chi connectivity index (χ3n) is 5.48. The highest BCUT2D eigenvalue weighted by Crippen LogP contribution is 2.40. The molecule has 1 aliphatic rings. The van der Waals surface area contributed by atoms with Gasteiger partial charge in [-0.1, -0.05) is 13.0 Å². The van der Waals surface area contributed by atoms with Gasteiger partial charge in [-0.15, -0.1) is 10.2 Å². The molecule has 34 heavy (non-hydrogen) atoms. The van der Waals surface area contributed by atoms with E-state index in [0.717, 1.165) is 24.8 Å². The molecule has 0 amide bonds. The molecule has 3 aromatic heterocycles. The van der Waals surface area contributed by atoms with Gasteiger partial charge in [-0.3, -0.25) is 9.29 Å². The number of hydrogen-bond acceptors (Lipinski definition) is 9. The summed E-state index contributed by atoms with van der Waals surface area (Å²) in [5, 5.41) is 7.41. The van der Waals surface area contributed by atoms with Gasteiger partial charge in [0.05, 0.1) is 7.11 Å². The molecule has 4 rings (SSSR count). The quantitative estimate of drug-likeness (QED) is 0.433. The third kappa shape index (κ3) is 5.17. The fourth-order valence-corrected chi connectivity index (χ4v) is 4.57. The van der Waals surface area contributed by atoms with E-state index in [-0.39, 0.29) is 12.0 Å². The first-order valence-corrected chi connectivity index (χ1v) is 12.8. The lowest BCUT2D eigenvalue weighted by molar-refractivity contribution is 0.0466. The molecule has 3 aromatic rings. The van der Waals surface area contributed by atoms with Gasteiger partial charge >= 0.3 is 0 Å². The van der Waals surface area contributed by atoms with E-state index in [2.05, 4.69) is 29.9 Å². The Bertz CT molecular complexity index is 1230. The topological polar surface area (TPSA) is 134 Å². The van der Waals surface area contributed by atoms with Crippen LogP contribution in [0.3, 0.4) is 0 Å². The van der Waals surface area contributed by atoms with Crippen LogP contribution in [-0.4, -0.2) is 57.1 Å². The molecule has 1 aliphatic carbocycles. The Hall–Kier alpha value is -3.12. The summed E-state index contributed by atoms with van der Waals surface area (Å²) in [6, 6.07) is 5.42. The molecule has 0 radical (unpaired) electrons. The Balaban J connectivity index is 1.64. The van der Waals surface area contributed by atoms with Crippen LogP contribution in [0.5, 0.6) is 5.88 Å². The number of methoxy groups -OCH3 is 1. The molecule has 0 aliphatic heterocycles. The van der Waals surface area contributed by atoms with Crippen molar-refractivity contribution in [2.24, 2.45) is 0 Å². The van der Waals surface area contributed by atoms with Crippen LogP contribution in [0.1, 0.15) is 56.6 Å². The van der Waals surface area contributed by atoms with Crippen molar-refractivity contribution in [2.45, 2.75) is 57.4 Å². The summed E-state index contributed by atoms with van der Waals surface area (Å²) in [4.78, 5) is 13.0. The summed E-state index contributed by atoms with van der Waals surface area (Å²) in [5.74, 6) is 1.38. The van der Waals surface area contributed by atoms with Gasteiger partial charge in [0.2, 0.25) is 21.9 Å². The van der Waals surface area contributed by atoms with Crippen molar-refractivity contribution >= 4 is 16.0 Å². The zero-order valence-corrected chi connectivity index (χ0v) is 20.5. The van der Waals surface area contributed by atoms with Crippen LogP contribution in [0.15, 0.2) is 30.6 Å². The van der Waals surface area contributed by atoms with Crippen LogP contribution in [0.2, 0.25) is 0 Å². The van der Waals surface area contributed by atoms with Gasteiger partial charge in [0.1, 0.15) is 17.0 Å². The summed E-state index contributed by atoms with van der Waals surface area (Å²) in [7, 11) is -2.40. The van der Waals surface area contributed by atoms with E-state index in [1.807, 2.05) is 13.8 Å². The van der Waals surface area contributed by atoms with Crippen molar-refractivity contribution in [3.63, 3.8) is 0 Å². The summed E-state index contributed by atoms with van der Waals surface area (Å²) < 4.78 is 42.4. The van der Waals surface area contributed by atoms with Crippen LogP contribution in [0.25, 0.3) is 11.5 Å². The second kappa shape index (κ2) is 10.0. The van der Waals surface area contributed by atoms with Crippen molar-refractivity contribution in [2.75, 3.05) is 18.4 Å². The fourth-order valence-electron chi connectivity index (χ4n) is 3.46. The van der Waals surface area contributed by atoms with Crippen LogP contribution < -0.4 is 9.46 Å². The average molecular weight is 488 g/mol. The first-order valence-electron chi connectivity index (χ1n) is 11.2. The molecule has 2 atom stereocenters. The number of aryl methyl sites for hydroxylation is 1. The van der Waals surface area contributed by atoms with Gasteiger partial charge in [-0.05, 0) is 44.7 Å². The molecule has 3 heterocycles. The first kappa shape index (κ1) is 24.0. The van der Waals surface area contributed by atoms with E-state index in [9.17, 15) is 8.42 Å². The Morgan fingerprint density at radius 3 is 2.59 bits per heavy atom. The van der Waals surface area contributed by atoms with Crippen LogP contribution in [0.4, 0.5) is 5.95 Å². The monoisotopic (exact) mass is 487 g/mol. The predicted molar refractivity (Wildman–Crippen MR) is 126 cm³/mol. The van der Waals surface area contributed by atoms with Crippen molar-refractivity contribution in [1.82, 2.24) is 29.7 Å². The first-order chi connectivity index (χ1) is 16.3. The number of nitrogens with zero attached hydrogens (tertiary/aromatic N) is 6. The second-order valence-corrected chi connectivity index (χ2v) is 10.3. The van der Waals surface area contributed by atoms with E-state index in [1.165, 1.54) is 7.11 Å². The lowest BCUT2D eigenvalue weighted by Crippen LogP contribution is -2.34. The molecule has 1 saturated carbocycles. The fraction of sp³-hybridized carbons (Fsp3) is 0.500. The molecule has 0 spiro atoms. The Morgan fingerprint density at radius 1 is 1.21 bits per heavy atom. The summed E-state index contributed by atoms with van der Waals surface area (Å²) in [6.07, 6.45) is 4.99. The van der Waals surface area contributed by atoms with Crippen LogP contribution >= 0.6 is 0 Å². The highest BCUT2D eigenvalue weighted by atomic mass is 32.2. The summed E-state index contributed by atoms with van der Waals surface area (Å²) in [6.45, 7) is 5.78. The number of rotatable bonds is 11. The van der Waals surface area contributed by atoms with Gasteiger partial charge in [0.25, 0.3) is 0 Å². The number of anilines is 1. The second-order valence-electron chi connectivity index (χ2n) is 8.28. The highest BCUT2D eigenvalue weighted by Gasteiger charge is 2.37. The Labute approximate surface area is 199 Å². The van der Waals surface area contributed by atoms with Gasteiger partial charge in [0, 0.05) is 31.1 Å². The zero-order chi connectivity index (χ0) is 24.3. The lowest BCUT2D eigenvalue weighted by atomic mass is 10.2. The maximum atomic E-state index is 13.4. The molecule has 12 heteroatoms. The predicted octanol–water partition coefficient (Wildman–Crippen LogP) is 3.08. The van der Waals surface area contributed by atoms with E-state index < -0.39 is 21.4 Å². The number of aromatic nitrogens is 6. The number of ether oxygens (including phenoxy) is 2. The van der Waals surface area contributed by atoms with E-state index in [4.69, 9.17) is 9.47 Å².